The Morgan fingerprint density at radius 3 is 2.76 bits per heavy atom. The van der Waals surface area contributed by atoms with Crippen molar-refractivity contribution in [2.24, 2.45) is 0 Å². The molecule has 0 aromatic carbocycles. The lowest BCUT2D eigenvalue weighted by Crippen LogP contribution is -2.19. The minimum atomic E-state index is 0.709. The molecule has 2 aromatic heterocycles. The van der Waals surface area contributed by atoms with Crippen molar-refractivity contribution < 1.29 is 0 Å². The summed E-state index contributed by atoms with van der Waals surface area (Å²) >= 11 is 1.66. The molecule has 0 amide bonds. The summed E-state index contributed by atoms with van der Waals surface area (Å²) in [6, 6.07) is 3.82. The van der Waals surface area contributed by atoms with E-state index < -0.39 is 0 Å². The van der Waals surface area contributed by atoms with Crippen molar-refractivity contribution in [1.82, 2.24) is 9.97 Å². The number of hydrogen-bond acceptors (Lipinski definition) is 5. The molecule has 0 atom stereocenters. The van der Waals surface area contributed by atoms with Crippen molar-refractivity contribution in [3.63, 3.8) is 0 Å². The molecule has 0 radical (unpaired) electrons. The number of nitrogens with zero attached hydrogens (tertiary/aromatic N) is 3. The summed E-state index contributed by atoms with van der Waals surface area (Å²) in [6.45, 7) is 4.78. The van der Waals surface area contributed by atoms with Gasteiger partial charge in [0, 0.05) is 17.6 Å². The largest absolute Gasteiger partial charge is 0.396 e. The van der Waals surface area contributed by atoms with Gasteiger partial charge in [0.25, 0.3) is 0 Å². The SMILES string of the molecule is Cc1ccc(N)c(N(C)Cc2scnc2C)n1. The van der Waals surface area contributed by atoms with Crippen LogP contribution in [0.2, 0.25) is 0 Å². The average Bonchev–Trinajstić information content (AvgIpc) is 2.68. The van der Waals surface area contributed by atoms with E-state index in [2.05, 4.69) is 14.9 Å². The minimum Gasteiger partial charge on any atom is -0.396 e. The molecule has 0 spiro atoms. The second kappa shape index (κ2) is 4.71. The number of thiazole rings is 1. The van der Waals surface area contributed by atoms with Gasteiger partial charge in [-0.2, -0.15) is 0 Å². The van der Waals surface area contributed by atoms with E-state index in [1.807, 2.05) is 38.5 Å². The Labute approximate surface area is 105 Å². The highest BCUT2D eigenvalue weighted by molar-refractivity contribution is 7.09. The van der Waals surface area contributed by atoms with E-state index in [-0.39, 0.29) is 0 Å². The van der Waals surface area contributed by atoms with E-state index in [4.69, 9.17) is 5.73 Å². The summed E-state index contributed by atoms with van der Waals surface area (Å²) in [5, 5.41) is 0. The van der Waals surface area contributed by atoms with Crippen LogP contribution in [-0.4, -0.2) is 17.0 Å². The van der Waals surface area contributed by atoms with Crippen LogP contribution in [0.15, 0.2) is 17.6 Å². The van der Waals surface area contributed by atoms with Crippen molar-refractivity contribution in [2.75, 3.05) is 17.7 Å². The molecule has 0 aliphatic rings. The third-order valence-electron chi connectivity index (χ3n) is 2.63. The number of hydrogen-bond donors (Lipinski definition) is 1. The van der Waals surface area contributed by atoms with E-state index in [0.29, 0.717) is 5.69 Å². The van der Waals surface area contributed by atoms with Gasteiger partial charge in [-0.25, -0.2) is 9.97 Å². The summed E-state index contributed by atoms with van der Waals surface area (Å²) in [4.78, 5) is 12.0. The van der Waals surface area contributed by atoms with Gasteiger partial charge in [-0.3, -0.25) is 0 Å². The second-order valence-electron chi connectivity index (χ2n) is 4.08. The van der Waals surface area contributed by atoms with Gasteiger partial charge in [0.05, 0.1) is 23.4 Å². The lowest BCUT2D eigenvalue weighted by Gasteiger charge is -2.19. The number of aryl methyl sites for hydroxylation is 2. The first-order valence-corrected chi connectivity index (χ1v) is 6.29. The molecule has 5 heteroatoms. The summed E-state index contributed by atoms with van der Waals surface area (Å²) in [7, 11) is 2.00. The van der Waals surface area contributed by atoms with Gasteiger partial charge in [0.1, 0.15) is 0 Å². The molecule has 2 N–H and O–H groups in total. The maximum Gasteiger partial charge on any atom is 0.152 e. The van der Waals surface area contributed by atoms with Crippen LogP contribution in [0.3, 0.4) is 0 Å². The molecular formula is C12H16N4S. The van der Waals surface area contributed by atoms with Gasteiger partial charge in [0.15, 0.2) is 5.82 Å². The Kier molecular flexibility index (Phi) is 3.28. The smallest absolute Gasteiger partial charge is 0.152 e. The van der Waals surface area contributed by atoms with Gasteiger partial charge >= 0.3 is 0 Å². The normalized spacial score (nSPS) is 10.5. The summed E-state index contributed by atoms with van der Waals surface area (Å²) in [5.74, 6) is 0.831. The van der Waals surface area contributed by atoms with Gasteiger partial charge in [-0.15, -0.1) is 11.3 Å². The predicted molar refractivity (Wildman–Crippen MR) is 72.3 cm³/mol. The highest BCUT2D eigenvalue weighted by Gasteiger charge is 2.10. The van der Waals surface area contributed by atoms with E-state index in [1.165, 1.54) is 4.88 Å². The standard InChI is InChI=1S/C12H16N4S/c1-8-4-5-10(13)12(15-8)16(3)6-11-9(2)14-7-17-11/h4-5,7H,6,13H2,1-3H3. The minimum absolute atomic E-state index is 0.709. The number of rotatable bonds is 3. The van der Waals surface area contributed by atoms with E-state index >= 15 is 0 Å². The Balaban J connectivity index is 2.23. The zero-order valence-corrected chi connectivity index (χ0v) is 11.1. The molecule has 0 saturated carbocycles. The van der Waals surface area contributed by atoms with Gasteiger partial charge in [-0.05, 0) is 26.0 Å². The highest BCUT2D eigenvalue weighted by Crippen LogP contribution is 2.23. The molecule has 0 fully saturated rings. The van der Waals surface area contributed by atoms with Crippen molar-refractivity contribution in [1.29, 1.82) is 0 Å². The van der Waals surface area contributed by atoms with E-state index in [9.17, 15) is 0 Å². The van der Waals surface area contributed by atoms with E-state index in [0.717, 1.165) is 23.8 Å². The molecule has 90 valence electrons. The monoisotopic (exact) mass is 248 g/mol. The Hall–Kier alpha value is -1.62. The van der Waals surface area contributed by atoms with Crippen molar-refractivity contribution in [3.8, 4) is 0 Å². The fourth-order valence-electron chi connectivity index (χ4n) is 1.63. The van der Waals surface area contributed by atoms with Crippen LogP contribution >= 0.6 is 11.3 Å². The number of nitrogen functional groups attached to an aromatic ring is 1. The van der Waals surface area contributed by atoms with Crippen molar-refractivity contribution in [2.45, 2.75) is 20.4 Å². The lowest BCUT2D eigenvalue weighted by molar-refractivity contribution is 0.898. The first kappa shape index (κ1) is 11.9. The van der Waals surface area contributed by atoms with Crippen LogP contribution in [-0.2, 0) is 6.54 Å². The zero-order valence-electron chi connectivity index (χ0n) is 10.3. The highest BCUT2D eigenvalue weighted by atomic mass is 32.1. The van der Waals surface area contributed by atoms with Crippen LogP contribution in [0.1, 0.15) is 16.3 Å². The number of pyridine rings is 1. The molecule has 2 heterocycles. The van der Waals surface area contributed by atoms with Gasteiger partial charge < -0.3 is 10.6 Å². The quantitative estimate of drug-likeness (QED) is 0.906. The van der Waals surface area contributed by atoms with Crippen LogP contribution in [0, 0.1) is 13.8 Å². The van der Waals surface area contributed by atoms with Crippen LogP contribution < -0.4 is 10.6 Å². The summed E-state index contributed by atoms with van der Waals surface area (Å²) < 4.78 is 0. The molecule has 0 aliphatic carbocycles. The first-order chi connectivity index (χ1) is 8.08. The fraction of sp³-hybridized carbons (Fsp3) is 0.333. The third kappa shape index (κ3) is 2.55. The molecule has 0 saturated heterocycles. The molecule has 2 aromatic rings. The van der Waals surface area contributed by atoms with Gasteiger partial charge in [0.2, 0.25) is 0 Å². The molecule has 0 bridgehead atoms. The number of nitrogens with two attached hydrogens (primary N) is 1. The molecule has 0 unspecified atom stereocenters. The maximum absolute atomic E-state index is 5.94. The third-order valence-corrected chi connectivity index (χ3v) is 3.55. The first-order valence-electron chi connectivity index (χ1n) is 5.41. The second-order valence-corrected chi connectivity index (χ2v) is 5.02. The maximum atomic E-state index is 5.94. The number of anilines is 2. The number of aromatic nitrogens is 2. The molecule has 17 heavy (non-hydrogen) atoms. The van der Waals surface area contributed by atoms with Crippen molar-refractivity contribution >= 4 is 22.8 Å². The Morgan fingerprint density at radius 2 is 2.12 bits per heavy atom. The van der Waals surface area contributed by atoms with Crippen LogP contribution in [0.25, 0.3) is 0 Å². The fourth-order valence-corrected chi connectivity index (χ4v) is 2.46. The molecule has 2 rings (SSSR count). The lowest BCUT2D eigenvalue weighted by atomic mass is 10.3. The van der Waals surface area contributed by atoms with Crippen LogP contribution in [0.4, 0.5) is 11.5 Å². The zero-order chi connectivity index (χ0) is 12.4. The molecular weight excluding hydrogens is 232 g/mol. The molecule has 0 aliphatic heterocycles. The Bertz CT molecular complexity index is 521. The van der Waals surface area contributed by atoms with E-state index in [1.54, 1.807) is 11.3 Å². The predicted octanol–water partition coefficient (Wildman–Crippen LogP) is 2.37. The van der Waals surface area contributed by atoms with Gasteiger partial charge in [-0.1, -0.05) is 0 Å². The molecule has 4 nitrogen and oxygen atoms in total. The summed E-state index contributed by atoms with van der Waals surface area (Å²) in [5.41, 5.74) is 10.6. The average molecular weight is 248 g/mol. The van der Waals surface area contributed by atoms with Crippen molar-refractivity contribution in [3.05, 3.63) is 33.9 Å². The summed E-state index contributed by atoms with van der Waals surface area (Å²) in [6.07, 6.45) is 0. The van der Waals surface area contributed by atoms with Crippen LogP contribution in [0.5, 0.6) is 0 Å². The topological polar surface area (TPSA) is 55.0 Å². The Morgan fingerprint density at radius 1 is 1.35 bits per heavy atom.